The molecule has 3 aromatic rings. The first kappa shape index (κ1) is 19.6. The summed E-state index contributed by atoms with van der Waals surface area (Å²) < 4.78 is 2.23. The van der Waals surface area contributed by atoms with E-state index in [4.69, 9.17) is 12.2 Å². The van der Waals surface area contributed by atoms with E-state index < -0.39 is 0 Å². The molecule has 4 rings (SSSR count). The van der Waals surface area contributed by atoms with Crippen LogP contribution in [0.5, 0.6) is 0 Å². The number of aryl methyl sites for hydroxylation is 1. The fourth-order valence-electron chi connectivity index (χ4n) is 4.24. The Morgan fingerprint density at radius 3 is 2.48 bits per heavy atom. The van der Waals surface area contributed by atoms with Crippen molar-refractivity contribution in [1.82, 2.24) is 24.8 Å². The minimum Gasteiger partial charge on any atom is -0.352 e. The Bertz CT molecular complexity index is 983. The van der Waals surface area contributed by atoms with Crippen LogP contribution in [0.15, 0.2) is 54.9 Å². The SMILES string of the molecule is CCCCN1C(=S)N[C@@H](c2ccccn2)[C@@H]1c1cc(C)n(-c2ccccn2)c1C. The summed E-state index contributed by atoms with van der Waals surface area (Å²) in [6.45, 7) is 7.46. The van der Waals surface area contributed by atoms with Crippen LogP contribution in [0, 0.1) is 13.8 Å². The van der Waals surface area contributed by atoms with E-state index in [0.717, 1.165) is 36.0 Å². The molecule has 1 aliphatic heterocycles. The first-order chi connectivity index (χ1) is 14.1. The predicted octanol–water partition coefficient (Wildman–Crippen LogP) is 4.66. The van der Waals surface area contributed by atoms with Gasteiger partial charge >= 0.3 is 0 Å². The molecule has 29 heavy (non-hydrogen) atoms. The van der Waals surface area contributed by atoms with Crippen LogP contribution in [0.4, 0.5) is 0 Å². The van der Waals surface area contributed by atoms with E-state index in [1.807, 2.05) is 42.7 Å². The van der Waals surface area contributed by atoms with Crippen LogP contribution in [-0.4, -0.2) is 31.1 Å². The molecule has 150 valence electrons. The van der Waals surface area contributed by atoms with Gasteiger partial charge in [-0.1, -0.05) is 25.5 Å². The number of rotatable bonds is 6. The van der Waals surface area contributed by atoms with E-state index >= 15 is 0 Å². The lowest BCUT2D eigenvalue weighted by Gasteiger charge is -2.28. The minimum atomic E-state index is 0.0261. The summed E-state index contributed by atoms with van der Waals surface area (Å²) in [5.41, 5.74) is 4.65. The topological polar surface area (TPSA) is 46.0 Å². The molecule has 0 radical (unpaired) electrons. The average molecular weight is 406 g/mol. The van der Waals surface area contributed by atoms with E-state index in [1.165, 1.54) is 17.0 Å². The maximum absolute atomic E-state index is 5.75. The van der Waals surface area contributed by atoms with Gasteiger partial charge in [-0.15, -0.1) is 0 Å². The molecule has 6 heteroatoms. The summed E-state index contributed by atoms with van der Waals surface area (Å²) in [4.78, 5) is 11.5. The second-order valence-electron chi connectivity index (χ2n) is 7.52. The van der Waals surface area contributed by atoms with Crippen LogP contribution >= 0.6 is 12.2 Å². The van der Waals surface area contributed by atoms with E-state index in [9.17, 15) is 0 Å². The molecule has 1 fully saturated rings. The van der Waals surface area contributed by atoms with Gasteiger partial charge < -0.3 is 14.8 Å². The van der Waals surface area contributed by atoms with Gasteiger partial charge in [-0.2, -0.15) is 0 Å². The lowest BCUT2D eigenvalue weighted by atomic mass is 9.96. The fraction of sp³-hybridized carbons (Fsp3) is 0.348. The summed E-state index contributed by atoms with van der Waals surface area (Å²) in [5.74, 6) is 0.941. The predicted molar refractivity (Wildman–Crippen MR) is 120 cm³/mol. The number of hydrogen-bond acceptors (Lipinski definition) is 3. The molecule has 0 aliphatic carbocycles. The summed E-state index contributed by atoms with van der Waals surface area (Å²) >= 11 is 5.75. The molecule has 0 saturated carbocycles. The zero-order valence-electron chi connectivity index (χ0n) is 17.2. The summed E-state index contributed by atoms with van der Waals surface area (Å²) in [6, 6.07) is 14.5. The minimum absolute atomic E-state index is 0.0261. The third kappa shape index (κ3) is 3.65. The van der Waals surface area contributed by atoms with Gasteiger partial charge in [0.1, 0.15) is 5.82 Å². The number of unbranched alkanes of at least 4 members (excludes halogenated alkanes) is 1. The van der Waals surface area contributed by atoms with Crippen molar-refractivity contribution in [2.45, 2.75) is 45.7 Å². The lowest BCUT2D eigenvalue weighted by Crippen LogP contribution is -2.30. The van der Waals surface area contributed by atoms with E-state index in [-0.39, 0.29) is 12.1 Å². The standard InChI is InChI=1S/C23H27N5S/c1-4-5-14-27-22(21(26-23(27)29)19-10-6-8-12-24-19)18-15-16(2)28(17(18)3)20-11-7-9-13-25-20/h6-13,15,21-22H,4-5,14H2,1-3H3,(H,26,29)/t21-,22-/m0/s1. The molecule has 0 aromatic carbocycles. The Balaban J connectivity index is 1.81. The van der Waals surface area contributed by atoms with Gasteiger partial charge in [0, 0.05) is 30.3 Å². The maximum atomic E-state index is 5.75. The van der Waals surface area contributed by atoms with Crippen LogP contribution < -0.4 is 5.32 Å². The van der Waals surface area contributed by atoms with Crippen molar-refractivity contribution < 1.29 is 0 Å². The van der Waals surface area contributed by atoms with Gasteiger partial charge in [0.15, 0.2) is 5.11 Å². The van der Waals surface area contributed by atoms with Crippen molar-refractivity contribution in [2.75, 3.05) is 6.54 Å². The monoisotopic (exact) mass is 405 g/mol. The first-order valence-electron chi connectivity index (χ1n) is 10.2. The molecule has 0 spiro atoms. The van der Waals surface area contributed by atoms with Crippen molar-refractivity contribution in [3.63, 3.8) is 0 Å². The first-order valence-corrected chi connectivity index (χ1v) is 10.6. The smallest absolute Gasteiger partial charge is 0.170 e. The lowest BCUT2D eigenvalue weighted by molar-refractivity contribution is 0.312. The van der Waals surface area contributed by atoms with Crippen molar-refractivity contribution >= 4 is 17.3 Å². The molecule has 5 nitrogen and oxygen atoms in total. The molecule has 3 aromatic heterocycles. The Hall–Kier alpha value is -2.73. The van der Waals surface area contributed by atoms with Gasteiger partial charge in [-0.3, -0.25) is 4.98 Å². The van der Waals surface area contributed by atoms with Crippen LogP contribution in [0.25, 0.3) is 5.82 Å². The van der Waals surface area contributed by atoms with Crippen molar-refractivity contribution in [3.05, 3.63) is 77.5 Å². The van der Waals surface area contributed by atoms with Crippen LogP contribution in [0.3, 0.4) is 0 Å². The number of hydrogen-bond donors (Lipinski definition) is 1. The van der Waals surface area contributed by atoms with Crippen molar-refractivity contribution in [3.8, 4) is 5.82 Å². The zero-order chi connectivity index (χ0) is 20.4. The second kappa shape index (κ2) is 8.33. The van der Waals surface area contributed by atoms with Gasteiger partial charge in [-0.25, -0.2) is 4.98 Å². The summed E-state index contributed by atoms with van der Waals surface area (Å²) in [5, 5.41) is 4.35. The second-order valence-corrected chi connectivity index (χ2v) is 7.91. The van der Waals surface area contributed by atoms with E-state index in [2.05, 4.69) is 57.7 Å². The molecule has 1 N–H and O–H groups in total. The van der Waals surface area contributed by atoms with Crippen molar-refractivity contribution in [2.24, 2.45) is 0 Å². The molecular formula is C23H27N5S. The van der Waals surface area contributed by atoms with Gasteiger partial charge in [0.2, 0.25) is 0 Å². The third-order valence-electron chi connectivity index (χ3n) is 5.62. The number of thiocarbonyl (C=S) groups is 1. The molecule has 1 aliphatic rings. The quantitative estimate of drug-likeness (QED) is 0.605. The molecule has 0 bridgehead atoms. The highest BCUT2D eigenvalue weighted by Gasteiger charge is 2.41. The molecule has 0 amide bonds. The number of nitrogens with one attached hydrogen (secondary N) is 1. The van der Waals surface area contributed by atoms with Crippen LogP contribution in [-0.2, 0) is 0 Å². The highest BCUT2D eigenvalue weighted by Crippen LogP contribution is 2.41. The molecule has 0 unspecified atom stereocenters. The molecule has 2 atom stereocenters. The van der Waals surface area contributed by atoms with E-state index in [0.29, 0.717) is 0 Å². The highest BCUT2D eigenvalue weighted by atomic mass is 32.1. The Labute approximate surface area is 177 Å². The van der Waals surface area contributed by atoms with Gasteiger partial charge in [0.05, 0.1) is 17.8 Å². The normalized spacial score (nSPS) is 18.9. The van der Waals surface area contributed by atoms with E-state index in [1.54, 1.807) is 0 Å². The Morgan fingerprint density at radius 1 is 1.07 bits per heavy atom. The average Bonchev–Trinajstić information content (AvgIpc) is 3.23. The maximum Gasteiger partial charge on any atom is 0.170 e. The zero-order valence-corrected chi connectivity index (χ0v) is 18.0. The Kier molecular flexibility index (Phi) is 5.62. The molecule has 4 heterocycles. The van der Waals surface area contributed by atoms with Gasteiger partial charge in [-0.05, 0) is 68.4 Å². The summed E-state index contributed by atoms with van der Waals surface area (Å²) in [7, 11) is 0. The third-order valence-corrected chi connectivity index (χ3v) is 5.97. The fourth-order valence-corrected chi connectivity index (χ4v) is 4.57. The number of nitrogens with zero attached hydrogens (tertiary/aromatic N) is 4. The van der Waals surface area contributed by atoms with Crippen molar-refractivity contribution in [1.29, 1.82) is 0 Å². The number of aromatic nitrogens is 3. The molecular weight excluding hydrogens is 378 g/mol. The van der Waals surface area contributed by atoms with Gasteiger partial charge in [0.25, 0.3) is 0 Å². The Morgan fingerprint density at radius 2 is 1.83 bits per heavy atom. The molecule has 1 saturated heterocycles. The largest absolute Gasteiger partial charge is 0.352 e. The summed E-state index contributed by atoms with van der Waals surface area (Å²) in [6.07, 6.45) is 5.92. The van der Waals surface area contributed by atoms with Crippen LogP contribution in [0.1, 0.15) is 54.5 Å². The van der Waals surface area contributed by atoms with Crippen LogP contribution in [0.2, 0.25) is 0 Å². The number of pyridine rings is 2. The highest BCUT2D eigenvalue weighted by molar-refractivity contribution is 7.80.